The highest BCUT2D eigenvalue weighted by atomic mass is 32.1. The molecule has 7 heteroatoms. The Morgan fingerprint density at radius 1 is 1.48 bits per heavy atom. The Hall–Kier alpha value is -1.99. The van der Waals surface area contributed by atoms with Crippen LogP contribution in [-0.4, -0.2) is 32.2 Å². The van der Waals surface area contributed by atoms with Gasteiger partial charge in [-0.3, -0.25) is 4.79 Å². The van der Waals surface area contributed by atoms with E-state index in [1.807, 2.05) is 0 Å². The number of rotatable bonds is 4. The first-order valence-corrected chi connectivity index (χ1v) is 8.07. The Kier molecular flexibility index (Phi) is 4.58. The van der Waals surface area contributed by atoms with Gasteiger partial charge in [0.1, 0.15) is 10.7 Å². The Morgan fingerprint density at radius 3 is 3.00 bits per heavy atom. The van der Waals surface area contributed by atoms with Crippen molar-refractivity contribution >= 4 is 33.3 Å². The standard InChI is InChI=1S/C16H16FNO4S/c1-21-16(20)14-10(7-18-15(19)9-5-6-22-8-9)13-11(17)3-2-4-12(13)23-14/h2-4,9H,5-8H2,1H3,(H,18,19)/t9-/m1/s1. The Balaban J connectivity index is 1.91. The topological polar surface area (TPSA) is 64.6 Å². The molecular formula is C16H16FNO4S. The van der Waals surface area contributed by atoms with E-state index in [0.717, 1.165) is 11.3 Å². The summed E-state index contributed by atoms with van der Waals surface area (Å²) in [5.74, 6) is -1.28. The Labute approximate surface area is 136 Å². The van der Waals surface area contributed by atoms with E-state index in [0.29, 0.717) is 40.2 Å². The van der Waals surface area contributed by atoms with Crippen LogP contribution in [0.25, 0.3) is 10.1 Å². The van der Waals surface area contributed by atoms with Crippen LogP contribution in [0, 0.1) is 11.7 Å². The van der Waals surface area contributed by atoms with Crippen LogP contribution in [0.5, 0.6) is 0 Å². The van der Waals surface area contributed by atoms with E-state index in [1.54, 1.807) is 12.1 Å². The van der Waals surface area contributed by atoms with Gasteiger partial charge in [-0.25, -0.2) is 9.18 Å². The van der Waals surface area contributed by atoms with Gasteiger partial charge in [0.25, 0.3) is 0 Å². The van der Waals surface area contributed by atoms with Crippen molar-refractivity contribution in [3.8, 4) is 0 Å². The number of carbonyl (C=O) groups is 2. The number of thiophene rings is 1. The number of amides is 1. The normalized spacial score (nSPS) is 17.4. The molecule has 1 aromatic carbocycles. The van der Waals surface area contributed by atoms with E-state index in [1.165, 1.54) is 13.2 Å². The van der Waals surface area contributed by atoms with Crippen LogP contribution in [0.3, 0.4) is 0 Å². The third kappa shape index (κ3) is 3.07. The summed E-state index contributed by atoms with van der Waals surface area (Å²) in [6.45, 7) is 1.05. The van der Waals surface area contributed by atoms with Gasteiger partial charge in [-0.1, -0.05) is 6.07 Å². The zero-order valence-corrected chi connectivity index (χ0v) is 13.4. The van der Waals surface area contributed by atoms with E-state index in [2.05, 4.69) is 5.32 Å². The molecule has 1 amide bonds. The molecule has 122 valence electrons. The number of methoxy groups -OCH3 is 1. The number of ether oxygens (including phenoxy) is 2. The fourth-order valence-electron chi connectivity index (χ4n) is 2.65. The van der Waals surface area contributed by atoms with E-state index < -0.39 is 11.8 Å². The smallest absolute Gasteiger partial charge is 0.348 e. The van der Waals surface area contributed by atoms with Crippen LogP contribution in [0.4, 0.5) is 4.39 Å². The van der Waals surface area contributed by atoms with Crippen LogP contribution in [0.2, 0.25) is 0 Å². The summed E-state index contributed by atoms with van der Waals surface area (Å²) >= 11 is 1.16. The van der Waals surface area contributed by atoms with Crippen LogP contribution in [0.15, 0.2) is 18.2 Å². The second-order valence-corrected chi connectivity index (χ2v) is 6.34. The molecule has 1 saturated heterocycles. The molecule has 0 radical (unpaired) electrons. The Morgan fingerprint density at radius 2 is 2.30 bits per heavy atom. The van der Waals surface area contributed by atoms with E-state index in [4.69, 9.17) is 9.47 Å². The van der Waals surface area contributed by atoms with Gasteiger partial charge in [-0.05, 0) is 18.6 Å². The highest BCUT2D eigenvalue weighted by Gasteiger charge is 2.25. The molecule has 2 aromatic rings. The maximum absolute atomic E-state index is 14.2. The van der Waals surface area contributed by atoms with E-state index in [-0.39, 0.29) is 18.4 Å². The third-order valence-electron chi connectivity index (χ3n) is 3.87. The third-order valence-corrected chi connectivity index (χ3v) is 5.05. The summed E-state index contributed by atoms with van der Waals surface area (Å²) in [6, 6.07) is 4.67. The molecule has 0 aliphatic carbocycles. The minimum atomic E-state index is -0.529. The summed E-state index contributed by atoms with van der Waals surface area (Å²) in [5, 5.41) is 3.14. The number of halogens is 1. The van der Waals surface area contributed by atoms with Gasteiger partial charge in [0, 0.05) is 28.8 Å². The number of fused-ring (bicyclic) bond motifs is 1. The predicted molar refractivity (Wildman–Crippen MR) is 83.9 cm³/mol. The van der Waals surface area contributed by atoms with Crippen molar-refractivity contribution in [3.63, 3.8) is 0 Å². The number of nitrogens with one attached hydrogen (secondary N) is 1. The van der Waals surface area contributed by atoms with Gasteiger partial charge in [-0.15, -0.1) is 11.3 Å². The van der Waals surface area contributed by atoms with Gasteiger partial charge in [0.05, 0.1) is 19.6 Å². The lowest BCUT2D eigenvalue weighted by Crippen LogP contribution is -2.30. The van der Waals surface area contributed by atoms with Gasteiger partial charge >= 0.3 is 5.97 Å². The van der Waals surface area contributed by atoms with Crippen LogP contribution < -0.4 is 5.32 Å². The fraction of sp³-hybridized carbons (Fsp3) is 0.375. The van der Waals surface area contributed by atoms with Crippen molar-refractivity contribution in [1.82, 2.24) is 5.32 Å². The Bertz CT molecular complexity index is 752. The monoisotopic (exact) mass is 337 g/mol. The summed E-state index contributed by atoms with van der Waals surface area (Å²) < 4.78 is 24.8. The molecule has 23 heavy (non-hydrogen) atoms. The van der Waals surface area contributed by atoms with E-state index in [9.17, 15) is 14.0 Å². The van der Waals surface area contributed by atoms with Crippen molar-refractivity contribution in [1.29, 1.82) is 0 Å². The molecular weight excluding hydrogens is 321 g/mol. The molecule has 3 rings (SSSR count). The minimum absolute atomic E-state index is 0.0840. The zero-order chi connectivity index (χ0) is 16.4. The lowest BCUT2D eigenvalue weighted by molar-refractivity contribution is -0.125. The van der Waals surface area contributed by atoms with Crippen LogP contribution in [-0.2, 0) is 20.8 Å². The number of carbonyl (C=O) groups excluding carboxylic acids is 2. The molecule has 0 spiro atoms. The highest BCUT2D eigenvalue weighted by molar-refractivity contribution is 7.21. The minimum Gasteiger partial charge on any atom is -0.465 e. The molecule has 1 aliphatic heterocycles. The summed E-state index contributed by atoms with van der Waals surface area (Å²) in [7, 11) is 1.28. The molecule has 1 aromatic heterocycles. The van der Waals surface area contributed by atoms with E-state index >= 15 is 0 Å². The second kappa shape index (κ2) is 6.64. The maximum Gasteiger partial charge on any atom is 0.348 e. The number of esters is 1. The van der Waals surface area contributed by atoms with Crippen molar-refractivity contribution in [2.24, 2.45) is 5.92 Å². The molecule has 1 aliphatic rings. The van der Waals surface area contributed by atoms with Crippen LogP contribution in [0.1, 0.15) is 21.7 Å². The quantitative estimate of drug-likeness (QED) is 0.871. The van der Waals surface area contributed by atoms with Crippen molar-refractivity contribution in [2.45, 2.75) is 13.0 Å². The van der Waals surface area contributed by atoms with Gasteiger partial charge < -0.3 is 14.8 Å². The lowest BCUT2D eigenvalue weighted by Gasteiger charge is -2.10. The molecule has 2 heterocycles. The van der Waals surface area contributed by atoms with Crippen molar-refractivity contribution in [3.05, 3.63) is 34.5 Å². The summed E-state index contributed by atoms with van der Waals surface area (Å²) in [5.41, 5.74) is 0.460. The molecule has 0 saturated carbocycles. The lowest BCUT2D eigenvalue weighted by atomic mass is 10.1. The first kappa shape index (κ1) is 15.9. The number of hydrogen-bond donors (Lipinski definition) is 1. The number of benzene rings is 1. The van der Waals surface area contributed by atoms with Crippen molar-refractivity contribution < 1.29 is 23.5 Å². The summed E-state index contributed by atoms with van der Waals surface area (Å²) in [4.78, 5) is 24.4. The molecule has 1 N–H and O–H groups in total. The first-order valence-electron chi connectivity index (χ1n) is 7.25. The molecule has 0 unspecified atom stereocenters. The zero-order valence-electron chi connectivity index (χ0n) is 12.6. The first-order chi connectivity index (χ1) is 11.1. The average Bonchev–Trinajstić information content (AvgIpc) is 3.20. The second-order valence-electron chi connectivity index (χ2n) is 5.29. The highest BCUT2D eigenvalue weighted by Crippen LogP contribution is 2.33. The molecule has 1 atom stereocenters. The van der Waals surface area contributed by atoms with Gasteiger partial charge in [-0.2, -0.15) is 0 Å². The average molecular weight is 337 g/mol. The largest absolute Gasteiger partial charge is 0.465 e. The molecule has 0 bridgehead atoms. The fourth-order valence-corrected chi connectivity index (χ4v) is 3.81. The van der Waals surface area contributed by atoms with Crippen LogP contribution >= 0.6 is 11.3 Å². The maximum atomic E-state index is 14.2. The number of hydrogen-bond acceptors (Lipinski definition) is 5. The molecule has 5 nitrogen and oxygen atoms in total. The predicted octanol–water partition coefficient (Wildman–Crippen LogP) is 2.48. The summed E-state index contributed by atoms with van der Waals surface area (Å²) in [6.07, 6.45) is 0.675. The van der Waals surface area contributed by atoms with Crippen molar-refractivity contribution in [2.75, 3.05) is 20.3 Å². The van der Waals surface area contributed by atoms with Gasteiger partial charge in [0.2, 0.25) is 5.91 Å². The molecule has 1 fully saturated rings. The SMILES string of the molecule is COC(=O)c1sc2cccc(F)c2c1CNC(=O)[C@@H]1CCOC1. The van der Waals surface area contributed by atoms with Gasteiger partial charge in [0.15, 0.2) is 0 Å².